The molecule has 3 aromatic rings. The highest BCUT2D eigenvalue weighted by Crippen LogP contribution is 2.37. The van der Waals surface area contributed by atoms with Gasteiger partial charge >= 0.3 is 12.4 Å². The molecule has 30 heavy (non-hydrogen) atoms. The number of aromatic nitrogens is 1. The summed E-state index contributed by atoms with van der Waals surface area (Å²) in [4.78, 5) is 5.23. The lowest BCUT2D eigenvalue weighted by Gasteiger charge is -2.16. The molecule has 0 radical (unpaired) electrons. The van der Waals surface area contributed by atoms with Crippen LogP contribution in [0.15, 0.2) is 48.7 Å². The van der Waals surface area contributed by atoms with Gasteiger partial charge in [-0.2, -0.15) is 31.1 Å². The van der Waals surface area contributed by atoms with Crippen LogP contribution < -0.4 is 15.5 Å². The van der Waals surface area contributed by atoms with Gasteiger partial charge in [-0.3, -0.25) is 0 Å². The smallest absolute Gasteiger partial charge is 0.416 e. The van der Waals surface area contributed by atoms with Crippen LogP contribution in [0.4, 0.5) is 32.0 Å². The fourth-order valence-electron chi connectivity index (χ4n) is 2.89. The van der Waals surface area contributed by atoms with E-state index >= 15 is 0 Å². The molecule has 0 saturated heterocycles. The number of rotatable bonds is 4. The molecule has 2 aromatic carbocycles. The number of hydrogen-bond donors (Lipinski definition) is 2. The fraction of sp³-hybridized carbons (Fsp3) is 0.211. The van der Waals surface area contributed by atoms with Crippen LogP contribution in [0.25, 0.3) is 10.9 Å². The van der Waals surface area contributed by atoms with E-state index in [4.69, 9.17) is 17.1 Å². The first-order valence-corrected chi connectivity index (χ1v) is 8.87. The Morgan fingerprint density at radius 1 is 1.00 bits per heavy atom. The summed E-state index contributed by atoms with van der Waals surface area (Å²) in [6.45, 7) is 0.174. The highest BCUT2D eigenvalue weighted by Gasteiger charge is 2.37. The lowest BCUT2D eigenvalue weighted by atomic mass is 10.1. The molecule has 0 amide bonds. The van der Waals surface area contributed by atoms with Crippen LogP contribution in [0.3, 0.4) is 0 Å². The van der Waals surface area contributed by atoms with Gasteiger partial charge in [0.05, 0.1) is 16.6 Å². The number of alkyl halides is 6. The van der Waals surface area contributed by atoms with Crippen molar-refractivity contribution in [1.82, 2.24) is 10.0 Å². The number of halogens is 6. The molecular formula is C19H15F6N3OS. The largest absolute Gasteiger partial charge is 0.417 e. The van der Waals surface area contributed by atoms with Crippen LogP contribution in [-0.2, 0) is 18.9 Å². The van der Waals surface area contributed by atoms with Crippen LogP contribution in [0.2, 0.25) is 0 Å². The number of thiocarbonyl (C=S) groups is 1. The number of nitrogens with zero attached hydrogens (tertiary/aromatic N) is 1. The zero-order valence-electron chi connectivity index (χ0n) is 15.4. The van der Waals surface area contributed by atoms with Gasteiger partial charge < -0.3 is 15.5 Å². The third kappa shape index (κ3) is 4.78. The normalized spacial score (nSPS) is 12.1. The third-order valence-electron chi connectivity index (χ3n) is 4.24. The van der Waals surface area contributed by atoms with Gasteiger partial charge in [-0.25, -0.2) is 0 Å². The summed E-state index contributed by atoms with van der Waals surface area (Å²) < 4.78 is 79.3. The van der Waals surface area contributed by atoms with E-state index in [1.807, 2.05) is 24.3 Å². The van der Waals surface area contributed by atoms with Crippen LogP contribution in [0, 0.1) is 0 Å². The van der Waals surface area contributed by atoms with E-state index in [0.717, 1.165) is 16.5 Å². The van der Waals surface area contributed by atoms with Gasteiger partial charge in [0.25, 0.3) is 0 Å². The minimum atomic E-state index is -4.94. The Labute approximate surface area is 172 Å². The van der Waals surface area contributed by atoms with Gasteiger partial charge in [-0.15, -0.1) is 0 Å². The lowest BCUT2D eigenvalue weighted by Crippen LogP contribution is -2.28. The molecule has 11 heteroatoms. The summed E-state index contributed by atoms with van der Waals surface area (Å²) >= 11 is 5.04. The topological polar surface area (TPSA) is 38.2 Å². The molecule has 0 aliphatic carbocycles. The Morgan fingerprint density at radius 2 is 1.60 bits per heavy atom. The highest BCUT2D eigenvalue weighted by atomic mass is 32.1. The number of nitrogens with one attached hydrogen (secondary N) is 2. The van der Waals surface area contributed by atoms with Gasteiger partial charge in [0.15, 0.2) is 5.11 Å². The number of para-hydroxylation sites is 1. The van der Waals surface area contributed by atoms with Crippen molar-refractivity contribution in [3.05, 3.63) is 65.4 Å². The van der Waals surface area contributed by atoms with Crippen molar-refractivity contribution in [3.8, 4) is 0 Å². The van der Waals surface area contributed by atoms with E-state index in [-0.39, 0.29) is 17.7 Å². The molecule has 0 fully saturated rings. The molecular weight excluding hydrogens is 432 g/mol. The Balaban J connectivity index is 1.78. The zero-order valence-corrected chi connectivity index (χ0v) is 16.2. The van der Waals surface area contributed by atoms with Crippen LogP contribution in [-0.4, -0.2) is 17.0 Å². The van der Waals surface area contributed by atoms with E-state index in [9.17, 15) is 26.3 Å². The first kappa shape index (κ1) is 21.8. The predicted octanol–water partition coefficient (Wildman–Crippen LogP) is 5.22. The summed E-state index contributed by atoms with van der Waals surface area (Å²) in [5.74, 6) is 0. The molecule has 2 N–H and O–H groups in total. The molecule has 160 valence electrons. The SMILES string of the molecule is COn1cc(CNC(=S)Nc2cc(C(F)(F)F)cc(C(F)(F)F)c2)c2ccccc21. The van der Waals surface area contributed by atoms with Gasteiger partial charge in [0.1, 0.15) is 7.11 Å². The minimum absolute atomic E-state index is 0.0568. The molecule has 0 saturated carbocycles. The van der Waals surface area contributed by atoms with E-state index in [2.05, 4.69) is 10.6 Å². The van der Waals surface area contributed by atoms with Crippen molar-refractivity contribution in [2.45, 2.75) is 18.9 Å². The first-order chi connectivity index (χ1) is 14.0. The Bertz CT molecular complexity index is 1040. The summed E-state index contributed by atoms with van der Waals surface area (Å²) in [5, 5.41) is 5.90. The summed E-state index contributed by atoms with van der Waals surface area (Å²) in [7, 11) is 1.49. The second kappa shape index (κ2) is 8.05. The molecule has 0 bridgehead atoms. The van der Waals surface area contributed by atoms with Crippen LogP contribution >= 0.6 is 12.2 Å². The highest BCUT2D eigenvalue weighted by molar-refractivity contribution is 7.80. The van der Waals surface area contributed by atoms with E-state index in [0.29, 0.717) is 12.1 Å². The molecule has 1 aromatic heterocycles. The first-order valence-electron chi connectivity index (χ1n) is 8.47. The molecule has 0 aliphatic rings. The van der Waals surface area contributed by atoms with Gasteiger partial charge in [0.2, 0.25) is 0 Å². The Hall–Kier alpha value is -2.95. The van der Waals surface area contributed by atoms with Crippen molar-refractivity contribution < 1.29 is 31.2 Å². The van der Waals surface area contributed by atoms with E-state index in [1.54, 1.807) is 6.20 Å². The van der Waals surface area contributed by atoms with Gasteiger partial charge in [-0.05, 0) is 36.5 Å². The molecule has 4 nitrogen and oxygen atoms in total. The minimum Gasteiger partial charge on any atom is -0.417 e. The number of hydrogen-bond acceptors (Lipinski definition) is 2. The molecule has 0 atom stereocenters. The monoisotopic (exact) mass is 447 g/mol. The second-order valence-electron chi connectivity index (χ2n) is 6.28. The summed E-state index contributed by atoms with van der Waals surface area (Å²) in [6.07, 6.45) is -8.17. The maximum atomic E-state index is 13.0. The standard InChI is InChI=1S/C19H15F6N3OS/c1-29-28-10-11(15-4-2-3-5-16(15)28)9-26-17(30)27-14-7-12(18(20,21)22)6-13(8-14)19(23,24)25/h2-8,10H,9H2,1H3,(H2,26,27,30). The quantitative estimate of drug-likeness (QED) is 0.425. The third-order valence-corrected chi connectivity index (χ3v) is 4.49. The predicted molar refractivity (Wildman–Crippen MR) is 104 cm³/mol. The average Bonchev–Trinajstić information content (AvgIpc) is 3.03. The van der Waals surface area contributed by atoms with E-state index < -0.39 is 29.2 Å². The fourth-order valence-corrected chi connectivity index (χ4v) is 3.08. The van der Waals surface area contributed by atoms with Crippen molar-refractivity contribution in [2.75, 3.05) is 12.4 Å². The molecule has 1 heterocycles. The van der Waals surface area contributed by atoms with Crippen molar-refractivity contribution in [2.24, 2.45) is 0 Å². The van der Waals surface area contributed by atoms with Gasteiger partial charge in [0, 0.05) is 29.4 Å². The number of fused-ring (bicyclic) bond motifs is 1. The van der Waals surface area contributed by atoms with Crippen molar-refractivity contribution in [3.63, 3.8) is 0 Å². The molecule has 0 spiro atoms. The Morgan fingerprint density at radius 3 is 2.17 bits per heavy atom. The Kier molecular flexibility index (Phi) is 5.84. The molecule has 0 unspecified atom stereocenters. The lowest BCUT2D eigenvalue weighted by molar-refractivity contribution is -0.143. The van der Waals surface area contributed by atoms with Crippen LogP contribution in [0.5, 0.6) is 0 Å². The maximum Gasteiger partial charge on any atom is 0.416 e. The van der Waals surface area contributed by atoms with Crippen molar-refractivity contribution in [1.29, 1.82) is 0 Å². The maximum absolute atomic E-state index is 13.0. The van der Waals surface area contributed by atoms with Crippen molar-refractivity contribution >= 4 is 33.9 Å². The average molecular weight is 447 g/mol. The summed E-state index contributed by atoms with van der Waals surface area (Å²) in [5.41, 5.74) is -1.70. The molecule has 3 rings (SSSR count). The summed E-state index contributed by atoms with van der Waals surface area (Å²) in [6, 6.07) is 8.53. The van der Waals surface area contributed by atoms with Crippen LogP contribution in [0.1, 0.15) is 16.7 Å². The molecule has 0 aliphatic heterocycles. The zero-order chi connectivity index (χ0) is 22.1. The second-order valence-corrected chi connectivity index (χ2v) is 6.69. The van der Waals surface area contributed by atoms with E-state index in [1.165, 1.54) is 11.8 Å². The number of benzene rings is 2. The number of anilines is 1. The van der Waals surface area contributed by atoms with Gasteiger partial charge in [-0.1, -0.05) is 18.2 Å².